The minimum atomic E-state index is -1.33. The maximum Gasteiger partial charge on any atom is 0.251 e. The Balaban J connectivity index is 0.000000642. The summed E-state index contributed by atoms with van der Waals surface area (Å²) in [6.45, 7) is 6.28. The number of carbonyl (C=O) groups excluding carboxylic acids is 3. The second-order valence-corrected chi connectivity index (χ2v) is 8.44. The smallest absolute Gasteiger partial charge is 0.251 e. The Kier molecular flexibility index (Phi) is 17.9. The van der Waals surface area contributed by atoms with Crippen molar-refractivity contribution in [2.24, 2.45) is 17.2 Å². The Hall–Kier alpha value is -4.95. The molecule has 45 heavy (non-hydrogen) atoms. The number of primary amides is 3. The summed E-state index contributed by atoms with van der Waals surface area (Å²) in [6.07, 6.45) is 3.78. The van der Waals surface area contributed by atoms with Crippen molar-refractivity contribution in [2.45, 2.75) is 46.5 Å². The number of hydrogen-bond acceptors (Lipinski definition) is 6. The molecule has 248 valence electrons. The molecule has 0 bridgehead atoms. The van der Waals surface area contributed by atoms with Crippen molar-refractivity contribution in [1.29, 1.82) is 0 Å². The average Bonchev–Trinajstić information content (AvgIpc) is 2.98. The van der Waals surface area contributed by atoms with Crippen molar-refractivity contribution < 1.29 is 55.3 Å². The van der Waals surface area contributed by atoms with Gasteiger partial charge in [0, 0.05) is 0 Å². The molecule has 0 aliphatic rings. The minimum Gasteiger partial charge on any atom is -0.503 e. The predicted molar refractivity (Wildman–Crippen MR) is 154 cm³/mol. The number of carbonyl (C=O) groups is 3. The first-order chi connectivity index (χ1) is 21.2. The van der Waals surface area contributed by atoms with E-state index in [0.717, 1.165) is 62.8 Å². The number of methoxy groups -OCH3 is 1. The third kappa shape index (κ3) is 11.9. The van der Waals surface area contributed by atoms with Gasteiger partial charge in [-0.3, -0.25) is 14.4 Å². The third-order valence-electron chi connectivity index (χ3n) is 5.41. The van der Waals surface area contributed by atoms with Gasteiger partial charge in [-0.1, -0.05) is 40.0 Å². The summed E-state index contributed by atoms with van der Waals surface area (Å²) in [5.41, 5.74) is 13.2. The molecule has 3 aromatic rings. The first-order valence-corrected chi connectivity index (χ1v) is 13.4. The van der Waals surface area contributed by atoms with Crippen LogP contribution in [0, 0.1) is 34.9 Å². The average molecular weight is 648 g/mol. The zero-order valence-corrected chi connectivity index (χ0v) is 25.0. The van der Waals surface area contributed by atoms with Crippen molar-refractivity contribution in [3.05, 3.63) is 88.0 Å². The summed E-state index contributed by atoms with van der Waals surface area (Å²) in [6, 6.07) is 5.50. The molecule has 0 aliphatic heterocycles. The molecule has 0 saturated carbocycles. The van der Waals surface area contributed by atoms with E-state index in [9.17, 15) is 40.7 Å². The molecule has 0 fully saturated rings. The summed E-state index contributed by atoms with van der Waals surface area (Å²) in [5.74, 6) is -11.5. The highest BCUT2D eigenvalue weighted by molar-refractivity contribution is 5.94. The number of amides is 3. The Morgan fingerprint density at radius 2 is 1.04 bits per heavy atom. The summed E-state index contributed by atoms with van der Waals surface area (Å²) < 4.78 is 87.5. The number of halogens is 6. The van der Waals surface area contributed by atoms with Gasteiger partial charge >= 0.3 is 0 Å². The molecule has 0 radical (unpaired) electrons. The van der Waals surface area contributed by atoms with E-state index in [1.54, 1.807) is 0 Å². The van der Waals surface area contributed by atoms with Crippen molar-refractivity contribution >= 4 is 17.7 Å². The summed E-state index contributed by atoms with van der Waals surface area (Å²) in [7, 11) is 1.10. The number of ether oxygens (including phenoxy) is 2. The molecule has 0 heterocycles. The number of nitrogens with two attached hydrogens (primary N) is 3. The van der Waals surface area contributed by atoms with Crippen molar-refractivity contribution in [1.82, 2.24) is 0 Å². The number of unbranched alkanes of at least 4 members (excludes halogenated alkanes) is 3. The molecule has 0 spiro atoms. The van der Waals surface area contributed by atoms with Gasteiger partial charge in [0.15, 0.2) is 52.2 Å². The quantitative estimate of drug-likeness (QED) is 0.158. The fraction of sp³-hybridized carbons (Fsp3) is 0.300. The van der Waals surface area contributed by atoms with Crippen LogP contribution in [0.1, 0.15) is 77.5 Å². The molecule has 3 rings (SSSR count). The summed E-state index contributed by atoms with van der Waals surface area (Å²) >= 11 is 0. The van der Waals surface area contributed by atoms with Crippen LogP contribution < -0.4 is 26.7 Å². The van der Waals surface area contributed by atoms with E-state index in [2.05, 4.69) is 11.7 Å². The minimum absolute atomic E-state index is 0.218. The summed E-state index contributed by atoms with van der Waals surface area (Å²) in [5, 5.41) is 8.68. The van der Waals surface area contributed by atoms with Crippen LogP contribution in [0.25, 0.3) is 0 Å². The highest BCUT2D eigenvalue weighted by atomic mass is 19.2. The van der Waals surface area contributed by atoms with Crippen LogP contribution in [0.5, 0.6) is 17.2 Å². The van der Waals surface area contributed by atoms with Crippen LogP contribution in [0.15, 0.2) is 36.4 Å². The SMILES string of the molecule is CC.CCCCCCOc1c(F)ccc(C(N)=O)c1F.COc1c(F)ccc(C(N)=O)c1F.NC(=O)c1ccc(F)c(O)c1F. The fourth-order valence-corrected chi connectivity index (χ4v) is 3.20. The van der Waals surface area contributed by atoms with E-state index in [-0.39, 0.29) is 12.2 Å². The maximum atomic E-state index is 13.7. The van der Waals surface area contributed by atoms with Crippen LogP contribution in [0.3, 0.4) is 0 Å². The Bertz CT molecular complexity index is 1460. The van der Waals surface area contributed by atoms with Gasteiger partial charge in [-0.2, -0.15) is 0 Å². The van der Waals surface area contributed by atoms with E-state index >= 15 is 0 Å². The molecule has 0 aliphatic carbocycles. The molecular weight excluding hydrogens is 612 g/mol. The van der Waals surface area contributed by atoms with E-state index in [1.807, 2.05) is 13.8 Å². The summed E-state index contributed by atoms with van der Waals surface area (Å²) in [4.78, 5) is 31.9. The van der Waals surface area contributed by atoms with Crippen molar-refractivity contribution in [3.8, 4) is 17.2 Å². The van der Waals surface area contributed by atoms with Crippen LogP contribution in [-0.4, -0.2) is 36.5 Å². The molecule has 3 aromatic carbocycles. The molecular formula is C30H35F6N3O6. The standard InChI is InChI=1S/C13H17F2NO2.C8H7F2NO2.C7H5F2NO2.C2H6/c1-2-3-4-5-8-18-12-10(14)7-6-9(11(12)15)13(16)17;1-13-7-5(9)3-2-4(6(7)10)8(11)12;8-4-2-1-3(7(10)12)5(9)6(4)11;1-2/h6-7H,2-5,8H2,1H3,(H2,16,17);2-3H,1H3,(H2,11,12);1-2,11H,(H2,10,12);1-2H3. The number of aromatic hydroxyl groups is 1. The molecule has 7 N–H and O–H groups in total. The molecule has 0 atom stereocenters. The topological polar surface area (TPSA) is 168 Å². The third-order valence-corrected chi connectivity index (χ3v) is 5.41. The second kappa shape index (κ2) is 20.1. The highest BCUT2D eigenvalue weighted by Crippen LogP contribution is 2.26. The van der Waals surface area contributed by atoms with Gasteiger partial charge in [-0.25, -0.2) is 26.3 Å². The van der Waals surface area contributed by atoms with Crippen LogP contribution >= 0.6 is 0 Å². The Labute approximate surface area is 255 Å². The predicted octanol–water partition coefficient (Wildman–Crippen LogP) is 5.89. The lowest BCUT2D eigenvalue weighted by atomic mass is 10.2. The molecule has 3 amide bonds. The molecule has 0 aromatic heterocycles. The normalized spacial score (nSPS) is 9.73. The van der Waals surface area contributed by atoms with Crippen LogP contribution in [-0.2, 0) is 0 Å². The largest absolute Gasteiger partial charge is 0.503 e. The lowest BCUT2D eigenvalue weighted by molar-refractivity contribution is 0.0986. The van der Waals surface area contributed by atoms with Gasteiger partial charge in [-0.15, -0.1) is 0 Å². The second-order valence-electron chi connectivity index (χ2n) is 8.44. The van der Waals surface area contributed by atoms with E-state index in [0.29, 0.717) is 6.42 Å². The van der Waals surface area contributed by atoms with Gasteiger partial charge < -0.3 is 31.8 Å². The Morgan fingerprint density at radius 1 is 0.644 bits per heavy atom. The fourth-order valence-electron chi connectivity index (χ4n) is 3.20. The van der Waals surface area contributed by atoms with Gasteiger partial charge in [0.25, 0.3) is 17.7 Å². The van der Waals surface area contributed by atoms with Crippen molar-refractivity contribution in [2.75, 3.05) is 13.7 Å². The Morgan fingerprint density at radius 3 is 1.47 bits per heavy atom. The number of rotatable bonds is 10. The number of phenolic OH excluding ortho intramolecular Hbond substituents is 1. The van der Waals surface area contributed by atoms with E-state index < -0.39 is 81.0 Å². The highest BCUT2D eigenvalue weighted by Gasteiger charge is 2.19. The van der Waals surface area contributed by atoms with Gasteiger partial charge in [0.2, 0.25) is 0 Å². The van der Waals surface area contributed by atoms with Gasteiger partial charge in [0.05, 0.1) is 30.4 Å². The number of benzene rings is 3. The maximum absolute atomic E-state index is 13.7. The molecule has 9 nitrogen and oxygen atoms in total. The lowest BCUT2D eigenvalue weighted by Gasteiger charge is -2.09. The monoisotopic (exact) mass is 647 g/mol. The molecule has 15 heteroatoms. The molecule has 0 unspecified atom stereocenters. The van der Waals surface area contributed by atoms with Gasteiger partial charge in [0.1, 0.15) is 0 Å². The van der Waals surface area contributed by atoms with Crippen LogP contribution in [0.2, 0.25) is 0 Å². The number of phenols is 1. The van der Waals surface area contributed by atoms with E-state index in [4.69, 9.17) is 27.0 Å². The molecule has 0 saturated heterocycles. The zero-order chi connectivity index (χ0) is 34.9. The number of hydrogen-bond donors (Lipinski definition) is 4. The van der Waals surface area contributed by atoms with Crippen molar-refractivity contribution in [3.63, 3.8) is 0 Å². The van der Waals surface area contributed by atoms with Gasteiger partial charge in [-0.05, 0) is 42.8 Å². The lowest BCUT2D eigenvalue weighted by Crippen LogP contribution is -2.14. The first-order valence-electron chi connectivity index (χ1n) is 13.4. The van der Waals surface area contributed by atoms with Crippen LogP contribution in [0.4, 0.5) is 26.3 Å². The zero-order valence-electron chi connectivity index (χ0n) is 25.0. The first kappa shape index (κ1) is 40.1. The van der Waals surface area contributed by atoms with E-state index in [1.165, 1.54) is 0 Å².